The first kappa shape index (κ1) is 9.92. The van der Waals surface area contributed by atoms with E-state index in [-0.39, 0.29) is 5.82 Å². The molecule has 0 N–H and O–H groups in total. The Morgan fingerprint density at radius 1 is 1.77 bits per heavy atom. The first-order valence-electron chi connectivity index (χ1n) is 3.60. The predicted octanol–water partition coefficient (Wildman–Crippen LogP) is 2.58. The first-order valence-corrected chi connectivity index (χ1v) is 4.83. The van der Waals surface area contributed by atoms with Crippen LogP contribution in [0, 0.1) is 5.82 Å². The van der Waals surface area contributed by atoms with Crippen LogP contribution in [-0.2, 0) is 0 Å². The van der Waals surface area contributed by atoms with Crippen molar-refractivity contribution in [1.82, 2.24) is 4.98 Å². The maximum absolute atomic E-state index is 13.2. The first-order chi connectivity index (χ1) is 6.29. The van der Waals surface area contributed by atoms with Crippen molar-refractivity contribution in [2.45, 2.75) is 0 Å². The van der Waals surface area contributed by atoms with Gasteiger partial charge in [0.2, 0.25) is 0 Å². The second-order valence-corrected chi connectivity index (χ2v) is 3.06. The van der Waals surface area contributed by atoms with Crippen LogP contribution in [0.25, 0.3) is 4.91 Å². The number of halogens is 1. The summed E-state index contributed by atoms with van der Waals surface area (Å²) in [5.74, 6) is -0.341. The molecule has 68 valence electrons. The average Bonchev–Trinajstić information content (AvgIpc) is 2.16. The zero-order valence-corrected chi connectivity index (χ0v) is 8.01. The van der Waals surface area contributed by atoms with Crippen molar-refractivity contribution >= 4 is 23.4 Å². The van der Waals surface area contributed by atoms with Crippen molar-refractivity contribution in [1.29, 1.82) is 0 Å². The molecule has 0 aliphatic carbocycles. The lowest BCUT2D eigenvalue weighted by Gasteiger charge is -2.02. The number of hydrogen-bond donors (Lipinski definition) is 0. The van der Waals surface area contributed by atoms with Crippen LogP contribution in [0.2, 0.25) is 0 Å². The van der Waals surface area contributed by atoms with Gasteiger partial charge in [0, 0.05) is 12.4 Å². The largest absolute Gasteiger partial charge is 0.271 e. The minimum atomic E-state index is -0.341. The normalized spacial score (nSPS) is 11.4. The molecule has 0 unspecified atom stereocenters. The predicted molar refractivity (Wildman–Crippen MR) is 55.2 cm³/mol. The topological polar surface area (TPSA) is 25.2 Å². The molecule has 0 atom stereocenters. The fourth-order valence-corrected chi connectivity index (χ4v) is 1.38. The number of hydrogen-bond acceptors (Lipinski definition) is 3. The Balaban J connectivity index is 3.12. The Labute approximate surface area is 80.6 Å². The summed E-state index contributed by atoms with van der Waals surface area (Å²) in [6.07, 6.45) is 4.88. The number of nitrogens with zero attached hydrogens (tertiary/aromatic N) is 2. The van der Waals surface area contributed by atoms with Crippen LogP contribution in [-0.4, -0.2) is 18.0 Å². The monoisotopic (exact) mass is 196 g/mol. The molecule has 4 heteroatoms. The molecule has 1 heterocycles. The van der Waals surface area contributed by atoms with Gasteiger partial charge in [-0.3, -0.25) is 9.98 Å². The van der Waals surface area contributed by atoms with E-state index in [0.717, 1.165) is 0 Å². The van der Waals surface area contributed by atoms with Crippen LogP contribution < -0.4 is 0 Å². The van der Waals surface area contributed by atoms with E-state index in [1.54, 1.807) is 12.3 Å². The molecule has 1 aromatic heterocycles. The Bertz CT molecular complexity index is 336. The van der Waals surface area contributed by atoms with Crippen LogP contribution in [0.1, 0.15) is 5.69 Å². The molecule has 0 amide bonds. The van der Waals surface area contributed by atoms with Gasteiger partial charge in [0.25, 0.3) is 0 Å². The Morgan fingerprint density at radius 2 is 2.54 bits per heavy atom. The van der Waals surface area contributed by atoms with E-state index in [1.165, 1.54) is 24.0 Å². The van der Waals surface area contributed by atoms with E-state index in [4.69, 9.17) is 0 Å². The minimum Gasteiger partial charge on any atom is -0.271 e. The zero-order chi connectivity index (χ0) is 9.68. The maximum atomic E-state index is 13.2. The van der Waals surface area contributed by atoms with Crippen molar-refractivity contribution in [3.8, 4) is 0 Å². The van der Waals surface area contributed by atoms with E-state index in [0.29, 0.717) is 10.6 Å². The van der Waals surface area contributed by atoms with Gasteiger partial charge in [-0.2, -0.15) is 0 Å². The van der Waals surface area contributed by atoms with Gasteiger partial charge in [-0.05, 0) is 25.1 Å². The molecule has 0 radical (unpaired) electrons. The highest BCUT2D eigenvalue weighted by atomic mass is 32.2. The average molecular weight is 196 g/mol. The van der Waals surface area contributed by atoms with Gasteiger partial charge in [-0.15, -0.1) is 11.8 Å². The highest BCUT2D eigenvalue weighted by Crippen LogP contribution is 2.24. The fraction of sp³-hybridized carbons (Fsp3) is 0.111. The quantitative estimate of drug-likeness (QED) is 0.694. The molecule has 1 aromatic rings. The second kappa shape index (κ2) is 4.77. The zero-order valence-electron chi connectivity index (χ0n) is 7.20. The van der Waals surface area contributed by atoms with Crippen LogP contribution in [0.5, 0.6) is 0 Å². The molecule has 0 bridgehead atoms. The van der Waals surface area contributed by atoms with E-state index in [1.807, 2.05) is 6.26 Å². The van der Waals surface area contributed by atoms with E-state index >= 15 is 0 Å². The Kier molecular flexibility index (Phi) is 3.64. The lowest BCUT2D eigenvalue weighted by atomic mass is 10.3. The van der Waals surface area contributed by atoms with Gasteiger partial charge in [-0.1, -0.05) is 0 Å². The van der Waals surface area contributed by atoms with Crippen LogP contribution >= 0.6 is 11.8 Å². The van der Waals surface area contributed by atoms with Crippen molar-refractivity contribution in [3.05, 3.63) is 36.0 Å². The summed E-state index contributed by atoms with van der Waals surface area (Å²) < 4.78 is 13.2. The van der Waals surface area contributed by atoms with E-state index in [2.05, 4.69) is 16.7 Å². The highest BCUT2D eigenvalue weighted by Gasteiger charge is 2.06. The summed E-state index contributed by atoms with van der Waals surface area (Å²) in [7, 11) is 0. The van der Waals surface area contributed by atoms with Gasteiger partial charge in [0.1, 0.15) is 11.5 Å². The van der Waals surface area contributed by atoms with Gasteiger partial charge in [-0.25, -0.2) is 4.39 Å². The summed E-state index contributed by atoms with van der Waals surface area (Å²) in [6, 6.07) is 2.92. The molecule has 0 fully saturated rings. The Morgan fingerprint density at radius 3 is 3.08 bits per heavy atom. The summed E-state index contributed by atoms with van der Waals surface area (Å²) in [5, 5.41) is 0. The standard InChI is InChI=1S/C9H9FN2S/c1-11-6-8(13-2)9-7(10)4-3-5-12-9/h3-6H,1H2,2H3/b8-6-. The fourth-order valence-electron chi connectivity index (χ4n) is 0.860. The van der Waals surface area contributed by atoms with Crippen molar-refractivity contribution in [2.24, 2.45) is 4.99 Å². The summed E-state index contributed by atoms with van der Waals surface area (Å²) >= 11 is 1.39. The molecule has 0 spiro atoms. The SMILES string of the molecule is C=N/C=C(\SC)c1ncccc1F. The molecule has 0 saturated carbocycles. The molecule has 2 nitrogen and oxygen atoms in total. The molecular weight excluding hydrogens is 187 g/mol. The molecular formula is C9H9FN2S. The third-order valence-corrected chi connectivity index (χ3v) is 2.16. The van der Waals surface area contributed by atoms with Gasteiger partial charge < -0.3 is 0 Å². The number of pyridine rings is 1. The summed E-state index contributed by atoms with van der Waals surface area (Å²) in [5.41, 5.74) is 0.322. The molecule has 1 rings (SSSR count). The van der Waals surface area contributed by atoms with Crippen LogP contribution in [0.4, 0.5) is 4.39 Å². The van der Waals surface area contributed by atoms with Gasteiger partial charge >= 0.3 is 0 Å². The molecule has 0 saturated heterocycles. The van der Waals surface area contributed by atoms with E-state index < -0.39 is 0 Å². The second-order valence-electron chi connectivity index (χ2n) is 2.21. The van der Waals surface area contributed by atoms with Crippen LogP contribution in [0.3, 0.4) is 0 Å². The maximum Gasteiger partial charge on any atom is 0.150 e. The lowest BCUT2D eigenvalue weighted by Crippen LogP contribution is -1.90. The number of thioether (sulfide) groups is 1. The third kappa shape index (κ3) is 2.39. The van der Waals surface area contributed by atoms with Gasteiger partial charge in [0.05, 0.1) is 4.91 Å². The Hall–Kier alpha value is -1.16. The molecule has 13 heavy (non-hydrogen) atoms. The van der Waals surface area contributed by atoms with Crippen molar-refractivity contribution in [2.75, 3.05) is 6.26 Å². The minimum absolute atomic E-state index is 0.322. The molecule has 0 aliphatic heterocycles. The molecule has 0 aromatic carbocycles. The number of rotatable bonds is 3. The third-order valence-electron chi connectivity index (χ3n) is 1.42. The number of aromatic nitrogens is 1. The number of aliphatic imine (C=N–C) groups is 1. The summed E-state index contributed by atoms with van der Waals surface area (Å²) in [4.78, 5) is 8.18. The van der Waals surface area contributed by atoms with E-state index in [9.17, 15) is 4.39 Å². The van der Waals surface area contributed by atoms with Gasteiger partial charge in [0.15, 0.2) is 0 Å². The smallest absolute Gasteiger partial charge is 0.150 e. The molecule has 0 aliphatic rings. The van der Waals surface area contributed by atoms with Crippen molar-refractivity contribution < 1.29 is 4.39 Å². The lowest BCUT2D eigenvalue weighted by molar-refractivity contribution is 0.617. The summed E-state index contributed by atoms with van der Waals surface area (Å²) in [6.45, 7) is 3.31. The van der Waals surface area contributed by atoms with Crippen LogP contribution in [0.15, 0.2) is 29.5 Å². The van der Waals surface area contributed by atoms with Crippen molar-refractivity contribution in [3.63, 3.8) is 0 Å². The highest BCUT2D eigenvalue weighted by molar-refractivity contribution is 8.07.